The lowest BCUT2D eigenvalue weighted by Crippen LogP contribution is -2.01. The summed E-state index contributed by atoms with van der Waals surface area (Å²) in [6.45, 7) is 2.06. The highest BCUT2D eigenvalue weighted by atomic mass is 32.2. The van der Waals surface area contributed by atoms with Crippen LogP contribution in [-0.2, 0) is 5.75 Å². The number of imidazole rings is 1. The summed E-state index contributed by atoms with van der Waals surface area (Å²) < 4.78 is 13.5. The maximum absolute atomic E-state index is 13.5. The van der Waals surface area contributed by atoms with Gasteiger partial charge in [-0.3, -0.25) is 0 Å². The number of H-pyrrole nitrogens is 2. The maximum atomic E-state index is 13.5. The van der Waals surface area contributed by atoms with Gasteiger partial charge in [0, 0.05) is 5.75 Å². The first kappa shape index (κ1) is 12.2. The number of aryl methyl sites for hydroxylation is 1. The average Bonchev–Trinajstić information content (AvgIpc) is 2.79. The van der Waals surface area contributed by atoms with Crippen molar-refractivity contribution in [3.8, 4) is 0 Å². The van der Waals surface area contributed by atoms with Crippen LogP contribution in [0.4, 0.5) is 4.39 Å². The molecule has 19 heavy (non-hydrogen) atoms. The zero-order valence-electron chi connectivity index (χ0n) is 10.5. The van der Waals surface area contributed by atoms with Gasteiger partial charge in [0.25, 0.3) is 0 Å². The first-order chi connectivity index (χ1) is 9.22. The monoisotopic (exact) mass is 273 g/mol. The van der Waals surface area contributed by atoms with E-state index in [9.17, 15) is 4.39 Å². The predicted molar refractivity (Wildman–Crippen MR) is 75.6 cm³/mol. The predicted octanol–water partition coefficient (Wildman–Crippen LogP) is 3.72. The Morgan fingerprint density at radius 3 is 2.89 bits per heavy atom. The van der Waals surface area contributed by atoms with Crippen molar-refractivity contribution in [1.29, 1.82) is 0 Å². The zero-order valence-corrected chi connectivity index (χ0v) is 11.4. The van der Waals surface area contributed by atoms with Crippen LogP contribution in [0, 0.1) is 12.7 Å². The van der Waals surface area contributed by atoms with Gasteiger partial charge < -0.3 is 0 Å². The lowest BCUT2D eigenvalue weighted by atomic mass is 10.2. The first-order valence-corrected chi connectivity index (χ1v) is 7.09. The van der Waals surface area contributed by atoms with Crippen LogP contribution in [0.3, 0.4) is 0 Å². The van der Waals surface area contributed by atoms with E-state index in [1.807, 2.05) is 18.2 Å². The molecule has 1 heterocycles. The number of rotatable bonds is 3. The van der Waals surface area contributed by atoms with Gasteiger partial charge in [0.15, 0.2) is 11.0 Å². The minimum absolute atomic E-state index is 0.151. The molecule has 0 aliphatic rings. The largest absolute Gasteiger partial charge is 0.314 e. The molecule has 2 aromatic carbocycles. The van der Waals surface area contributed by atoms with Gasteiger partial charge >= 0.3 is 5.16 Å². The van der Waals surface area contributed by atoms with Gasteiger partial charge in [0.1, 0.15) is 5.82 Å². The Labute approximate surface area is 115 Å². The topological polar surface area (TPSA) is 29.9 Å². The van der Waals surface area contributed by atoms with E-state index in [1.165, 1.54) is 11.6 Å². The van der Waals surface area contributed by atoms with Gasteiger partial charge in [0.05, 0.1) is 0 Å². The van der Waals surface area contributed by atoms with Crippen LogP contribution in [0.2, 0.25) is 0 Å². The molecular weight excluding hydrogens is 259 g/mol. The minimum Gasteiger partial charge on any atom is -0.231 e. The number of hydrogen-bond acceptors (Lipinski definition) is 1. The van der Waals surface area contributed by atoms with Crippen molar-refractivity contribution in [3.63, 3.8) is 0 Å². The fraction of sp³-hybridized carbons (Fsp3) is 0.133. The molecule has 2 nitrogen and oxygen atoms in total. The van der Waals surface area contributed by atoms with Crippen LogP contribution >= 0.6 is 11.8 Å². The Balaban J connectivity index is 1.80. The normalized spacial score (nSPS) is 11.1. The van der Waals surface area contributed by atoms with Gasteiger partial charge in [0.2, 0.25) is 0 Å². The standard InChI is InChI=1S/C15H13FN2S/c1-10-6-7-13-14(8-10)18-15(17-13)19-9-11-4-2-3-5-12(11)16/h2-8H,9H2,1H3,(H,17,18)/p+1. The van der Waals surface area contributed by atoms with Gasteiger partial charge in [-0.05, 0) is 48.0 Å². The summed E-state index contributed by atoms with van der Waals surface area (Å²) in [6.07, 6.45) is 0. The van der Waals surface area contributed by atoms with E-state index in [1.54, 1.807) is 17.8 Å². The fourth-order valence-electron chi connectivity index (χ4n) is 1.98. The molecule has 0 atom stereocenters. The minimum atomic E-state index is -0.151. The Morgan fingerprint density at radius 2 is 2.05 bits per heavy atom. The molecule has 4 heteroatoms. The summed E-state index contributed by atoms with van der Waals surface area (Å²) in [4.78, 5) is 6.61. The highest BCUT2D eigenvalue weighted by Crippen LogP contribution is 2.21. The lowest BCUT2D eigenvalue weighted by molar-refractivity contribution is -0.396. The van der Waals surface area contributed by atoms with E-state index in [0.717, 1.165) is 21.8 Å². The number of aromatic amines is 2. The molecule has 2 N–H and O–H groups in total. The lowest BCUT2D eigenvalue weighted by Gasteiger charge is -1.98. The first-order valence-electron chi connectivity index (χ1n) is 6.10. The van der Waals surface area contributed by atoms with Gasteiger partial charge in [-0.2, -0.15) is 0 Å². The van der Waals surface area contributed by atoms with E-state index in [-0.39, 0.29) is 5.82 Å². The molecule has 0 bridgehead atoms. The van der Waals surface area contributed by atoms with Crippen molar-refractivity contribution in [3.05, 3.63) is 59.4 Å². The molecule has 0 spiro atoms. The molecule has 3 rings (SSSR count). The Morgan fingerprint density at radius 1 is 1.21 bits per heavy atom. The summed E-state index contributed by atoms with van der Waals surface area (Å²) in [5.41, 5.74) is 4.09. The van der Waals surface area contributed by atoms with Crippen molar-refractivity contribution in [2.75, 3.05) is 0 Å². The Kier molecular flexibility index (Phi) is 3.25. The number of aromatic nitrogens is 2. The second kappa shape index (κ2) is 5.05. The quantitative estimate of drug-likeness (QED) is 0.724. The summed E-state index contributed by atoms with van der Waals surface area (Å²) >= 11 is 1.57. The van der Waals surface area contributed by atoms with Crippen molar-refractivity contribution in [2.24, 2.45) is 0 Å². The van der Waals surface area contributed by atoms with Crippen LogP contribution in [0.5, 0.6) is 0 Å². The summed E-state index contributed by atoms with van der Waals surface area (Å²) in [6, 6.07) is 13.1. The molecule has 0 saturated carbocycles. The molecule has 0 saturated heterocycles. The van der Waals surface area contributed by atoms with Gasteiger partial charge in [-0.15, -0.1) is 0 Å². The second-order valence-electron chi connectivity index (χ2n) is 4.51. The second-order valence-corrected chi connectivity index (χ2v) is 5.49. The fourth-order valence-corrected chi connectivity index (χ4v) is 2.88. The third kappa shape index (κ3) is 2.63. The smallest absolute Gasteiger partial charge is 0.231 e. The van der Waals surface area contributed by atoms with E-state index >= 15 is 0 Å². The van der Waals surface area contributed by atoms with Crippen molar-refractivity contribution < 1.29 is 9.37 Å². The van der Waals surface area contributed by atoms with E-state index in [4.69, 9.17) is 0 Å². The number of nitrogens with one attached hydrogen (secondary N) is 2. The molecule has 0 unspecified atom stereocenters. The van der Waals surface area contributed by atoms with Crippen LogP contribution < -0.4 is 4.98 Å². The number of fused-ring (bicyclic) bond motifs is 1. The number of benzene rings is 2. The average molecular weight is 273 g/mol. The van der Waals surface area contributed by atoms with Crippen molar-refractivity contribution >= 4 is 22.8 Å². The summed E-state index contributed by atoms with van der Waals surface area (Å²) in [5.74, 6) is 0.455. The number of halogens is 1. The molecule has 3 aromatic rings. The van der Waals surface area contributed by atoms with E-state index < -0.39 is 0 Å². The molecule has 0 fully saturated rings. The van der Waals surface area contributed by atoms with Gasteiger partial charge in [-0.1, -0.05) is 24.3 Å². The maximum Gasteiger partial charge on any atom is 0.314 e. The Bertz CT molecular complexity index is 721. The zero-order chi connectivity index (χ0) is 13.2. The van der Waals surface area contributed by atoms with Crippen molar-refractivity contribution in [2.45, 2.75) is 17.8 Å². The SMILES string of the molecule is Cc1ccc2[nH+]c(SCc3ccccc3F)[nH]c2c1. The Hall–Kier alpha value is -1.81. The number of hydrogen-bond donors (Lipinski definition) is 1. The van der Waals surface area contributed by atoms with E-state index in [2.05, 4.69) is 29.0 Å². The molecule has 0 radical (unpaired) electrons. The summed E-state index contributed by atoms with van der Waals surface area (Å²) in [7, 11) is 0. The van der Waals surface area contributed by atoms with Crippen LogP contribution in [0.1, 0.15) is 11.1 Å². The molecule has 96 valence electrons. The highest BCUT2D eigenvalue weighted by molar-refractivity contribution is 7.98. The van der Waals surface area contributed by atoms with Crippen LogP contribution in [-0.4, -0.2) is 4.98 Å². The molecule has 1 aromatic heterocycles. The molecule has 0 aliphatic heterocycles. The van der Waals surface area contributed by atoms with Gasteiger partial charge in [-0.25, -0.2) is 14.4 Å². The molecular formula is C15H14FN2S+. The number of thioether (sulfide) groups is 1. The summed E-state index contributed by atoms with van der Waals surface area (Å²) in [5, 5.41) is 0.948. The van der Waals surface area contributed by atoms with Crippen molar-refractivity contribution in [1.82, 2.24) is 4.98 Å². The van der Waals surface area contributed by atoms with E-state index in [0.29, 0.717) is 5.75 Å². The third-order valence-corrected chi connectivity index (χ3v) is 3.95. The highest BCUT2D eigenvalue weighted by Gasteiger charge is 2.11. The van der Waals surface area contributed by atoms with Crippen LogP contribution in [0.25, 0.3) is 11.0 Å². The van der Waals surface area contributed by atoms with Crippen LogP contribution in [0.15, 0.2) is 47.6 Å². The molecule has 0 amide bonds. The third-order valence-electron chi connectivity index (χ3n) is 3.00. The molecule has 0 aliphatic carbocycles.